The summed E-state index contributed by atoms with van der Waals surface area (Å²) in [6.07, 6.45) is 3.70. The molecule has 24 heavy (non-hydrogen) atoms. The Kier molecular flexibility index (Phi) is 5.71. The third-order valence-corrected chi connectivity index (χ3v) is 4.93. The molecule has 3 rings (SSSR count). The van der Waals surface area contributed by atoms with Crippen LogP contribution in [0.1, 0.15) is 39.5 Å². The molecule has 1 amide bonds. The summed E-state index contributed by atoms with van der Waals surface area (Å²) < 4.78 is 0. The number of fused-ring (bicyclic) bond motifs is 1. The van der Waals surface area contributed by atoms with Gasteiger partial charge in [0.15, 0.2) is 0 Å². The minimum absolute atomic E-state index is 0.241. The van der Waals surface area contributed by atoms with Gasteiger partial charge in [-0.15, -0.1) is 0 Å². The standard InChI is InChI=1S/C18H29N5O/c1-13(2)16-12-23(17-9-5-4-8-15(17)20-16)18(24)10-6-3-7-14-11-19-22-21-14/h4-5,8-9,13-14,16,19-22H,3,6-7,10-12H2,1-2H3. The molecule has 2 atom stereocenters. The van der Waals surface area contributed by atoms with Gasteiger partial charge in [-0.2, -0.15) is 5.53 Å². The summed E-state index contributed by atoms with van der Waals surface area (Å²) in [5, 5.41) is 3.57. The van der Waals surface area contributed by atoms with Gasteiger partial charge in [-0.05, 0) is 30.9 Å². The highest BCUT2D eigenvalue weighted by atomic mass is 16.2. The Bertz CT molecular complexity index is 556. The number of amides is 1. The van der Waals surface area contributed by atoms with Gasteiger partial charge in [0.05, 0.1) is 11.4 Å². The van der Waals surface area contributed by atoms with Gasteiger partial charge in [-0.25, -0.2) is 10.9 Å². The number of hydrogen-bond donors (Lipinski definition) is 4. The van der Waals surface area contributed by atoms with E-state index in [1.807, 2.05) is 23.1 Å². The molecular formula is C18H29N5O. The van der Waals surface area contributed by atoms with E-state index in [0.29, 0.717) is 24.4 Å². The van der Waals surface area contributed by atoms with Gasteiger partial charge in [0.25, 0.3) is 0 Å². The number of hydrogen-bond acceptors (Lipinski definition) is 5. The molecule has 0 aliphatic carbocycles. The normalized spacial score (nSPS) is 23.2. The van der Waals surface area contributed by atoms with Crippen LogP contribution in [0.5, 0.6) is 0 Å². The molecule has 0 aromatic heterocycles. The zero-order valence-electron chi connectivity index (χ0n) is 14.6. The Balaban J connectivity index is 1.56. The first-order valence-corrected chi connectivity index (χ1v) is 9.04. The lowest BCUT2D eigenvalue weighted by molar-refractivity contribution is -0.118. The predicted molar refractivity (Wildman–Crippen MR) is 97.6 cm³/mol. The molecule has 0 radical (unpaired) electrons. The maximum absolute atomic E-state index is 12.8. The number of nitrogens with one attached hydrogen (secondary N) is 4. The monoisotopic (exact) mass is 331 g/mol. The SMILES string of the molecule is CC(C)C1CN(C(=O)CCCCC2CNNN2)c2ccccc2N1. The van der Waals surface area contributed by atoms with Gasteiger partial charge in [0.2, 0.25) is 5.91 Å². The maximum atomic E-state index is 12.8. The van der Waals surface area contributed by atoms with Crippen LogP contribution in [-0.4, -0.2) is 31.1 Å². The number of rotatable bonds is 6. The van der Waals surface area contributed by atoms with Crippen molar-refractivity contribution in [3.8, 4) is 0 Å². The summed E-state index contributed by atoms with van der Waals surface area (Å²) in [6.45, 7) is 6.09. The number of carbonyl (C=O) groups excluding carboxylic acids is 1. The molecule has 2 unspecified atom stereocenters. The fourth-order valence-corrected chi connectivity index (χ4v) is 3.34. The Morgan fingerprint density at radius 2 is 2.12 bits per heavy atom. The Morgan fingerprint density at radius 1 is 1.29 bits per heavy atom. The number of unbranched alkanes of at least 4 members (excludes halogenated alkanes) is 1. The van der Waals surface area contributed by atoms with Crippen molar-refractivity contribution in [3.05, 3.63) is 24.3 Å². The molecule has 4 N–H and O–H groups in total. The molecule has 1 saturated heterocycles. The van der Waals surface area contributed by atoms with Crippen molar-refractivity contribution >= 4 is 17.3 Å². The quantitative estimate of drug-likeness (QED) is 0.601. The molecule has 0 spiro atoms. The van der Waals surface area contributed by atoms with E-state index in [1.54, 1.807) is 0 Å². The molecule has 1 aromatic carbocycles. The lowest BCUT2D eigenvalue weighted by atomic mass is 9.99. The number of hydrazine groups is 2. The highest BCUT2D eigenvalue weighted by molar-refractivity contribution is 5.97. The second-order valence-electron chi connectivity index (χ2n) is 7.11. The van der Waals surface area contributed by atoms with Gasteiger partial charge >= 0.3 is 0 Å². The summed E-state index contributed by atoms with van der Waals surface area (Å²) in [5.74, 6) is 0.729. The average Bonchev–Trinajstić information content (AvgIpc) is 3.11. The van der Waals surface area contributed by atoms with Gasteiger partial charge in [-0.1, -0.05) is 32.4 Å². The van der Waals surface area contributed by atoms with Crippen LogP contribution in [0.3, 0.4) is 0 Å². The summed E-state index contributed by atoms with van der Waals surface area (Å²) >= 11 is 0. The topological polar surface area (TPSA) is 68.4 Å². The molecule has 1 fully saturated rings. The van der Waals surface area contributed by atoms with Crippen LogP contribution in [0.2, 0.25) is 0 Å². The summed E-state index contributed by atoms with van der Waals surface area (Å²) in [5.41, 5.74) is 11.2. The molecule has 6 heteroatoms. The molecule has 2 aliphatic rings. The van der Waals surface area contributed by atoms with Crippen LogP contribution in [0.4, 0.5) is 11.4 Å². The molecule has 0 saturated carbocycles. The highest BCUT2D eigenvalue weighted by Crippen LogP contribution is 2.32. The fraction of sp³-hybridized carbons (Fsp3) is 0.611. The van der Waals surface area contributed by atoms with Crippen LogP contribution >= 0.6 is 0 Å². The number of benzene rings is 1. The van der Waals surface area contributed by atoms with Crippen LogP contribution in [0.15, 0.2) is 24.3 Å². The van der Waals surface area contributed by atoms with Crippen molar-refractivity contribution in [1.29, 1.82) is 0 Å². The van der Waals surface area contributed by atoms with Gasteiger partial charge in [0, 0.05) is 31.6 Å². The van der Waals surface area contributed by atoms with Gasteiger partial charge < -0.3 is 10.2 Å². The zero-order chi connectivity index (χ0) is 16.9. The van der Waals surface area contributed by atoms with Gasteiger partial charge in [-0.3, -0.25) is 4.79 Å². The molecule has 1 aromatic rings. The van der Waals surface area contributed by atoms with Crippen molar-refractivity contribution in [2.45, 2.75) is 51.6 Å². The average molecular weight is 331 g/mol. The number of nitrogens with zero attached hydrogens (tertiary/aromatic N) is 1. The first-order chi connectivity index (χ1) is 11.6. The first-order valence-electron chi connectivity index (χ1n) is 9.04. The third-order valence-electron chi connectivity index (χ3n) is 4.93. The summed E-state index contributed by atoms with van der Waals surface area (Å²) in [7, 11) is 0. The predicted octanol–water partition coefficient (Wildman–Crippen LogP) is 2.01. The largest absolute Gasteiger partial charge is 0.379 e. The Morgan fingerprint density at radius 3 is 2.88 bits per heavy atom. The van der Waals surface area contributed by atoms with Gasteiger partial charge in [0.1, 0.15) is 0 Å². The smallest absolute Gasteiger partial charge is 0.227 e. The number of para-hydroxylation sites is 2. The minimum Gasteiger partial charge on any atom is -0.379 e. The van der Waals surface area contributed by atoms with Crippen molar-refractivity contribution in [2.75, 3.05) is 23.3 Å². The fourth-order valence-electron chi connectivity index (χ4n) is 3.34. The molecule has 6 nitrogen and oxygen atoms in total. The Labute approximate surface area is 144 Å². The van der Waals surface area contributed by atoms with Crippen molar-refractivity contribution < 1.29 is 4.79 Å². The van der Waals surface area contributed by atoms with E-state index in [4.69, 9.17) is 0 Å². The summed E-state index contributed by atoms with van der Waals surface area (Å²) in [4.78, 5) is 14.8. The van der Waals surface area contributed by atoms with Crippen molar-refractivity contribution in [1.82, 2.24) is 16.4 Å². The molecule has 2 aliphatic heterocycles. The van der Waals surface area contributed by atoms with E-state index in [0.717, 1.165) is 43.7 Å². The van der Waals surface area contributed by atoms with Crippen LogP contribution in [-0.2, 0) is 4.79 Å². The van der Waals surface area contributed by atoms with Crippen molar-refractivity contribution in [2.24, 2.45) is 5.92 Å². The van der Waals surface area contributed by atoms with Crippen LogP contribution in [0, 0.1) is 5.92 Å². The van der Waals surface area contributed by atoms with E-state index in [1.165, 1.54) is 0 Å². The minimum atomic E-state index is 0.241. The molecule has 132 valence electrons. The highest BCUT2D eigenvalue weighted by Gasteiger charge is 2.29. The third kappa shape index (κ3) is 4.06. The van der Waals surface area contributed by atoms with E-state index in [9.17, 15) is 4.79 Å². The second kappa shape index (κ2) is 7.96. The Hall–Kier alpha value is -1.63. The van der Waals surface area contributed by atoms with Crippen LogP contribution in [0.25, 0.3) is 0 Å². The van der Waals surface area contributed by atoms with E-state index >= 15 is 0 Å². The molecular weight excluding hydrogens is 302 g/mol. The number of carbonyl (C=O) groups is 1. The number of anilines is 2. The van der Waals surface area contributed by atoms with E-state index < -0.39 is 0 Å². The zero-order valence-corrected chi connectivity index (χ0v) is 14.6. The van der Waals surface area contributed by atoms with Crippen LogP contribution < -0.4 is 26.6 Å². The lowest BCUT2D eigenvalue weighted by Gasteiger charge is -2.37. The van der Waals surface area contributed by atoms with E-state index in [-0.39, 0.29) is 5.91 Å². The van der Waals surface area contributed by atoms with E-state index in [2.05, 4.69) is 41.6 Å². The maximum Gasteiger partial charge on any atom is 0.227 e. The molecule has 0 bridgehead atoms. The first kappa shape index (κ1) is 17.2. The second-order valence-corrected chi connectivity index (χ2v) is 7.11. The summed E-state index contributed by atoms with van der Waals surface area (Å²) in [6, 6.07) is 8.90. The molecule has 2 heterocycles. The van der Waals surface area contributed by atoms with Crippen molar-refractivity contribution in [3.63, 3.8) is 0 Å². The lowest BCUT2D eigenvalue weighted by Crippen LogP contribution is -2.47.